The maximum atomic E-state index is 14.4. The van der Waals surface area contributed by atoms with Crippen LogP contribution in [0.15, 0.2) is 42.7 Å². The third kappa shape index (κ3) is 3.71. The topological polar surface area (TPSA) is 72.5 Å². The number of hydrogen-bond donors (Lipinski definition) is 2. The van der Waals surface area contributed by atoms with Gasteiger partial charge in [-0.1, -0.05) is 6.07 Å². The van der Waals surface area contributed by atoms with Crippen LogP contribution in [0.4, 0.5) is 20.6 Å². The van der Waals surface area contributed by atoms with E-state index in [1.807, 2.05) is 27.7 Å². The Labute approximate surface area is 152 Å². The molecule has 1 saturated heterocycles. The number of rotatable bonds is 3. The lowest BCUT2D eigenvalue weighted by Gasteiger charge is -2.32. The third-order valence-electron chi connectivity index (χ3n) is 4.70. The Hall–Kier alpha value is -2.45. The molecule has 1 aliphatic rings. The molecule has 26 heavy (non-hydrogen) atoms. The van der Waals surface area contributed by atoms with E-state index in [0.29, 0.717) is 11.2 Å². The number of pyridine rings is 1. The Morgan fingerprint density at radius 3 is 2.23 bits per heavy atom. The molecule has 1 aromatic carbocycles. The van der Waals surface area contributed by atoms with Crippen LogP contribution < -0.4 is 16.1 Å². The van der Waals surface area contributed by atoms with Crippen molar-refractivity contribution in [2.45, 2.75) is 38.9 Å². The van der Waals surface area contributed by atoms with E-state index in [9.17, 15) is 9.18 Å². The predicted octanol–water partition coefficient (Wildman–Crippen LogP) is 3.16. The number of anilines is 2. The molecule has 3 rings (SSSR count). The average Bonchev–Trinajstić information content (AvgIpc) is 2.78. The highest BCUT2D eigenvalue weighted by Crippen LogP contribution is 2.36. The first-order valence-electron chi connectivity index (χ1n) is 8.31. The van der Waals surface area contributed by atoms with E-state index in [-0.39, 0.29) is 5.69 Å². The highest BCUT2D eigenvalue weighted by Gasteiger charge is 2.51. The van der Waals surface area contributed by atoms with E-state index < -0.39 is 30.2 Å². The zero-order chi connectivity index (χ0) is 18.9. The number of nitrogens with zero attached hydrogens (tertiary/aromatic N) is 1. The molecule has 2 N–H and O–H groups in total. The molecule has 2 amide bonds. The summed E-state index contributed by atoms with van der Waals surface area (Å²) in [5, 5.41) is 5.08. The van der Waals surface area contributed by atoms with Crippen molar-refractivity contribution in [2.75, 3.05) is 10.6 Å². The molecule has 1 fully saturated rings. The van der Waals surface area contributed by atoms with Crippen molar-refractivity contribution >= 4 is 30.0 Å². The van der Waals surface area contributed by atoms with Gasteiger partial charge in [0.05, 0.1) is 16.9 Å². The normalized spacial score (nSPS) is 17.8. The number of carbonyl (C=O) groups excluding carboxylic acids is 1. The summed E-state index contributed by atoms with van der Waals surface area (Å²) < 4.78 is 26.2. The first-order chi connectivity index (χ1) is 12.2. The van der Waals surface area contributed by atoms with Gasteiger partial charge in [-0.15, -0.1) is 0 Å². The van der Waals surface area contributed by atoms with Crippen molar-refractivity contribution in [1.29, 1.82) is 0 Å². The fourth-order valence-corrected chi connectivity index (χ4v) is 2.48. The van der Waals surface area contributed by atoms with Crippen LogP contribution in [0.1, 0.15) is 27.7 Å². The molecule has 0 saturated carbocycles. The van der Waals surface area contributed by atoms with Crippen molar-refractivity contribution in [1.82, 2.24) is 4.98 Å². The number of nitrogens with one attached hydrogen (secondary N) is 2. The summed E-state index contributed by atoms with van der Waals surface area (Å²) in [7, 11) is -0.658. The van der Waals surface area contributed by atoms with Crippen molar-refractivity contribution in [2.24, 2.45) is 0 Å². The van der Waals surface area contributed by atoms with Crippen LogP contribution >= 0.6 is 0 Å². The number of carbonyl (C=O) groups is 1. The van der Waals surface area contributed by atoms with Gasteiger partial charge in [0.1, 0.15) is 5.82 Å². The first-order valence-corrected chi connectivity index (χ1v) is 8.31. The third-order valence-corrected chi connectivity index (χ3v) is 4.70. The summed E-state index contributed by atoms with van der Waals surface area (Å²) in [6, 6.07) is 7.20. The van der Waals surface area contributed by atoms with Crippen LogP contribution in [0.2, 0.25) is 0 Å². The summed E-state index contributed by atoms with van der Waals surface area (Å²) in [5.74, 6) is -0.568. The highest BCUT2D eigenvalue weighted by atomic mass is 19.1. The summed E-state index contributed by atoms with van der Waals surface area (Å²) >= 11 is 0. The number of urea groups is 1. The summed E-state index contributed by atoms with van der Waals surface area (Å²) in [5.41, 5.74) is 0.176. The second kappa shape index (κ2) is 6.70. The van der Waals surface area contributed by atoms with Gasteiger partial charge in [0.2, 0.25) is 0 Å². The Bertz CT molecular complexity index is 799. The summed E-state index contributed by atoms with van der Waals surface area (Å²) in [6.45, 7) is 7.73. The number of benzene rings is 1. The van der Waals surface area contributed by atoms with Gasteiger partial charge in [-0.25, -0.2) is 9.18 Å². The number of aromatic nitrogens is 1. The van der Waals surface area contributed by atoms with E-state index in [1.54, 1.807) is 30.6 Å². The molecule has 1 aliphatic heterocycles. The smallest absolute Gasteiger partial charge is 0.399 e. The molecule has 2 aromatic rings. The number of hydrogen-bond acceptors (Lipinski definition) is 4. The summed E-state index contributed by atoms with van der Waals surface area (Å²) in [6.07, 6.45) is 3.10. The zero-order valence-electron chi connectivity index (χ0n) is 15.2. The standard InChI is InChI=1S/C18H21BFN3O3/c1-17(2)18(3,4)26-19(25-17)12-5-6-15(14(20)11-12)23-16(24)22-13-7-9-21-10-8-13/h5-11H,1-4H3,(H2,21,22,23,24). The minimum atomic E-state index is -0.658. The minimum Gasteiger partial charge on any atom is -0.399 e. The molecule has 0 radical (unpaired) electrons. The summed E-state index contributed by atoms with van der Waals surface area (Å²) in [4.78, 5) is 15.8. The van der Waals surface area contributed by atoms with E-state index in [0.717, 1.165) is 0 Å². The van der Waals surface area contributed by atoms with Crippen LogP contribution in [-0.4, -0.2) is 29.3 Å². The van der Waals surface area contributed by atoms with Gasteiger partial charge < -0.3 is 19.9 Å². The fraction of sp³-hybridized carbons (Fsp3) is 0.333. The molecule has 0 spiro atoms. The van der Waals surface area contributed by atoms with E-state index >= 15 is 0 Å². The average molecular weight is 357 g/mol. The lowest BCUT2D eigenvalue weighted by molar-refractivity contribution is 0.00578. The van der Waals surface area contributed by atoms with Gasteiger partial charge >= 0.3 is 13.1 Å². The molecule has 0 bridgehead atoms. The van der Waals surface area contributed by atoms with Gasteiger partial charge in [0, 0.05) is 18.1 Å². The number of amides is 2. The molecular formula is C18H21BFN3O3. The Balaban J connectivity index is 1.69. The Kier molecular flexibility index (Phi) is 4.73. The molecule has 6 nitrogen and oxygen atoms in total. The molecule has 1 aromatic heterocycles. The minimum absolute atomic E-state index is 0.0665. The lowest BCUT2D eigenvalue weighted by atomic mass is 9.79. The second-order valence-electron chi connectivity index (χ2n) is 7.14. The number of halogens is 1. The van der Waals surface area contributed by atoms with Gasteiger partial charge in [0.25, 0.3) is 0 Å². The monoisotopic (exact) mass is 357 g/mol. The molecule has 136 valence electrons. The van der Waals surface area contributed by atoms with Gasteiger partial charge in [-0.05, 0) is 57.4 Å². The van der Waals surface area contributed by atoms with Crippen LogP contribution in [0, 0.1) is 5.82 Å². The van der Waals surface area contributed by atoms with Crippen molar-refractivity contribution in [3.63, 3.8) is 0 Å². The Morgan fingerprint density at radius 1 is 1.04 bits per heavy atom. The van der Waals surface area contributed by atoms with Crippen LogP contribution in [0.5, 0.6) is 0 Å². The van der Waals surface area contributed by atoms with Crippen molar-refractivity contribution < 1.29 is 18.5 Å². The lowest BCUT2D eigenvalue weighted by Crippen LogP contribution is -2.41. The highest BCUT2D eigenvalue weighted by molar-refractivity contribution is 6.62. The Morgan fingerprint density at radius 2 is 1.65 bits per heavy atom. The fourth-order valence-electron chi connectivity index (χ4n) is 2.48. The van der Waals surface area contributed by atoms with Gasteiger partial charge in [0.15, 0.2) is 0 Å². The molecule has 0 atom stereocenters. The van der Waals surface area contributed by atoms with Gasteiger partial charge in [-0.2, -0.15) is 0 Å². The van der Waals surface area contributed by atoms with E-state index in [4.69, 9.17) is 9.31 Å². The molecular weight excluding hydrogens is 336 g/mol. The van der Waals surface area contributed by atoms with Crippen LogP contribution in [0.3, 0.4) is 0 Å². The maximum absolute atomic E-state index is 14.4. The molecule has 8 heteroatoms. The van der Waals surface area contributed by atoms with Crippen LogP contribution in [0.25, 0.3) is 0 Å². The van der Waals surface area contributed by atoms with Crippen molar-refractivity contribution in [3.05, 3.63) is 48.5 Å². The molecule has 0 aliphatic carbocycles. The van der Waals surface area contributed by atoms with Crippen LogP contribution in [-0.2, 0) is 9.31 Å². The molecule has 2 heterocycles. The molecule has 0 unspecified atom stereocenters. The van der Waals surface area contributed by atoms with E-state index in [1.165, 1.54) is 12.1 Å². The zero-order valence-corrected chi connectivity index (χ0v) is 15.2. The SMILES string of the molecule is CC1(C)OB(c2ccc(NC(=O)Nc3ccncc3)c(F)c2)OC1(C)C. The van der Waals surface area contributed by atoms with Gasteiger partial charge in [-0.3, -0.25) is 4.98 Å². The van der Waals surface area contributed by atoms with E-state index in [2.05, 4.69) is 15.6 Å². The maximum Gasteiger partial charge on any atom is 0.494 e. The predicted molar refractivity (Wildman–Crippen MR) is 99.0 cm³/mol. The largest absolute Gasteiger partial charge is 0.494 e. The quantitative estimate of drug-likeness (QED) is 0.828. The van der Waals surface area contributed by atoms with Crippen molar-refractivity contribution in [3.8, 4) is 0 Å². The second-order valence-corrected chi connectivity index (χ2v) is 7.14. The first kappa shape index (κ1) is 18.3.